The average Bonchev–Trinajstić information content (AvgIpc) is 2.47. The zero-order valence-electron chi connectivity index (χ0n) is 10.5. The van der Waals surface area contributed by atoms with Crippen molar-refractivity contribution in [3.8, 4) is 0 Å². The van der Waals surface area contributed by atoms with Gasteiger partial charge in [0, 0.05) is 15.4 Å². The molecule has 0 spiro atoms. The molecule has 0 fully saturated rings. The lowest BCUT2D eigenvalue weighted by atomic mass is 10.1. The lowest BCUT2D eigenvalue weighted by Crippen LogP contribution is -1.83. The molecule has 0 unspecified atom stereocenters. The minimum atomic E-state index is 0.728. The Morgan fingerprint density at radius 2 is 1.89 bits per heavy atom. The van der Waals surface area contributed by atoms with Gasteiger partial charge in [0.2, 0.25) is 0 Å². The number of allylic oxidation sites excluding steroid dienone is 3. The molecule has 2 aromatic carbocycles. The Morgan fingerprint density at radius 1 is 1.00 bits per heavy atom. The van der Waals surface area contributed by atoms with E-state index < -0.39 is 0 Å². The van der Waals surface area contributed by atoms with Crippen molar-refractivity contribution in [2.24, 2.45) is 0 Å². The van der Waals surface area contributed by atoms with Crippen LogP contribution in [0.1, 0.15) is 23.2 Å². The maximum Gasteiger partial charge on any atom is 0.150 e. The molecule has 0 aromatic heterocycles. The third-order valence-corrected chi connectivity index (χ3v) is 4.20. The first-order chi connectivity index (χ1) is 9.35. The number of rotatable bonds is 3. The van der Waals surface area contributed by atoms with Crippen LogP contribution in [0, 0.1) is 0 Å². The number of thioether (sulfide) groups is 1. The minimum absolute atomic E-state index is 0.728. The van der Waals surface area contributed by atoms with Gasteiger partial charge in [-0.2, -0.15) is 0 Å². The van der Waals surface area contributed by atoms with Crippen LogP contribution >= 0.6 is 11.8 Å². The van der Waals surface area contributed by atoms with Gasteiger partial charge in [-0.15, -0.1) is 0 Å². The van der Waals surface area contributed by atoms with Crippen molar-refractivity contribution in [1.82, 2.24) is 0 Å². The van der Waals surface area contributed by atoms with E-state index in [-0.39, 0.29) is 0 Å². The lowest BCUT2D eigenvalue weighted by Gasteiger charge is -2.07. The molecule has 19 heavy (non-hydrogen) atoms. The molecule has 3 rings (SSSR count). The Labute approximate surface area is 117 Å². The highest BCUT2D eigenvalue weighted by molar-refractivity contribution is 8.03. The van der Waals surface area contributed by atoms with E-state index >= 15 is 0 Å². The van der Waals surface area contributed by atoms with Gasteiger partial charge in [-0.3, -0.25) is 4.79 Å². The maximum atomic E-state index is 10.8. The van der Waals surface area contributed by atoms with Gasteiger partial charge in [0.25, 0.3) is 0 Å². The van der Waals surface area contributed by atoms with Gasteiger partial charge in [-0.05, 0) is 41.8 Å². The van der Waals surface area contributed by atoms with Crippen LogP contribution in [0.15, 0.2) is 64.4 Å². The molecule has 1 aliphatic rings. The predicted octanol–water partition coefficient (Wildman–Crippen LogP) is 4.98. The summed E-state index contributed by atoms with van der Waals surface area (Å²) in [5.41, 5.74) is 0.728. The van der Waals surface area contributed by atoms with Crippen molar-refractivity contribution in [3.63, 3.8) is 0 Å². The molecule has 0 heterocycles. The second-order valence-corrected chi connectivity index (χ2v) is 5.72. The largest absolute Gasteiger partial charge is 0.298 e. The van der Waals surface area contributed by atoms with Gasteiger partial charge in [0.15, 0.2) is 0 Å². The molecule has 0 bridgehead atoms. The summed E-state index contributed by atoms with van der Waals surface area (Å²) < 4.78 is 0. The number of fused-ring (bicyclic) bond motifs is 1. The Balaban J connectivity index is 1.93. The van der Waals surface area contributed by atoms with Crippen LogP contribution in [0.2, 0.25) is 0 Å². The van der Waals surface area contributed by atoms with Crippen molar-refractivity contribution in [2.45, 2.75) is 17.7 Å². The normalized spacial score (nSPS) is 14.4. The number of carbonyl (C=O) groups excluding carboxylic acids is 1. The number of aldehydes is 1. The fraction of sp³-hybridized carbons (Fsp3) is 0.118. The summed E-state index contributed by atoms with van der Waals surface area (Å²) in [6.07, 6.45) is 9.84. The molecule has 0 atom stereocenters. The van der Waals surface area contributed by atoms with Crippen LogP contribution < -0.4 is 0 Å². The van der Waals surface area contributed by atoms with Crippen LogP contribution in [0.25, 0.3) is 10.8 Å². The SMILES string of the molecule is O=Cc1ccc2ccc(SC3=CCCC=C3)cc2c1. The zero-order valence-corrected chi connectivity index (χ0v) is 11.3. The van der Waals surface area contributed by atoms with Gasteiger partial charge in [0.1, 0.15) is 6.29 Å². The van der Waals surface area contributed by atoms with Crippen molar-refractivity contribution >= 4 is 28.8 Å². The van der Waals surface area contributed by atoms with Gasteiger partial charge in [-0.25, -0.2) is 0 Å². The van der Waals surface area contributed by atoms with E-state index in [1.807, 2.05) is 18.2 Å². The smallest absolute Gasteiger partial charge is 0.150 e. The van der Waals surface area contributed by atoms with Gasteiger partial charge >= 0.3 is 0 Å². The Bertz CT molecular complexity index is 683. The first-order valence-electron chi connectivity index (χ1n) is 6.39. The molecule has 1 aliphatic carbocycles. The molecular formula is C17H14OS. The predicted molar refractivity (Wildman–Crippen MR) is 81.6 cm³/mol. The van der Waals surface area contributed by atoms with Crippen LogP contribution in [0.5, 0.6) is 0 Å². The fourth-order valence-corrected chi connectivity index (χ4v) is 3.14. The molecule has 0 amide bonds. The second-order valence-electron chi connectivity index (χ2n) is 4.57. The molecular weight excluding hydrogens is 252 g/mol. The van der Waals surface area contributed by atoms with E-state index in [0.29, 0.717) is 0 Å². The Kier molecular flexibility index (Phi) is 3.51. The Morgan fingerprint density at radius 3 is 2.68 bits per heavy atom. The maximum absolute atomic E-state index is 10.8. The lowest BCUT2D eigenvalue weighted by molar-refractivity contribution is 0.112. The highest BCUT2D eigenvalue weighted by Gasteiger charge is 2.02. The average molecular weight is 266 g/mol. The highest BCUT2D eigenvalue weighted by Crippen LogP contribution is 2.32. The summed E-state index contributed by atoms with van der Waals surface area (Å²) >= 11 is 1.78. The topological polar surface area (TPSA) is 17.1 Å². The van der Waals surface area contributed by atoms with Crippen LogP contribution in [-0.4, -0.2) is 6.29 Å². The summed E-state index contributed by atoms with van der Waals surface area (Å²) in [7, 11) is 0. The summed E-state index contributed by atoms with van der Waals surface area (Å²) in [6.45, 7) is 0. The summed E-state index contributed by atoms with van der Waals surface area (Å²) in [5.74, 6) is 0. The van der Waals surface area contributed by atoms with Crippen molar-refractivity contribution < 1.29 is 4.79 Å². The van der Waals surface area contributed by atoms with E-state index in [4.69, 9.17) is 0 Å². The van der Waals surface area contributed by atoms with Gasteiger partial charge < -0.3 is 0 Å². The quantitative estimate of drug-likeness (QED) is 0.729. The molecule has 0 aliphatic heterocycles. The van der Waals surface area contributed by atoms with Gasteiger partial charge in [0.05, 0.1) is 0 Å². The monoisotopic (exact) mass is 266 g/mol. The van der Waals surface area contributed by atoms with E-state index in [1.54, 1.807) is 11.8 Å². The minimum Gasteiger partial charge on any atom is -0.298 e. The summed E-state index contributed by atoms with van der Waals surface area (Å²) in [5, 5.41) is 2.29. The number of benzene rings is 2. The molecule has 0 N–H and O–H groups in total. The van der Waals surface area contributed by atoms with Crippen molar-refractivity contribution in [3.05, 3.63) is 65.1 Å². The van der Waals surface area contributed by atoms with E-state index in [9.17, 15) is 4.79 Å². The van der Waals surface area contributed by atoms with Crippen molar-refractivity contribution in [2.75, 3.05) is 0 Å². The van der Waals surface area contributed by atoms with Crippen LogP contribution in [0.4, 0.5) is 0 Å². The van der Waals surface area contributed by atoms with Crippen molar-refractivity contribution in [1.29, 1.82) is 0 Å². The highest BCUT2D eigenvalue weighted by atomic mass is 32.2. The summed E-state index contributed by atoms with van der Waals surface area (Å²) in [4.78, 5) is 13.3. The molecule has 0 radical (unpaired) electrons. The fourth-order valence-electron chi connectivity index (χ4n) is 2.18. The van der Waals surface area contributed by atoms with Crippen LogP contribution in [-0.2, 0) is 0 Å². The zero-order chi connectivity index (χ0) is 13.1. The van der Waals surface area contributed by atoms with Gasteiger partial charge in [-0.1, -0.05) is 48.2 Å². The molecule has 1 nitrogen and oxygen atoms in total. The Hall–Kier alpha value is -1.80. The second kappa shape index (κ2) is 5.45. The molecule has 0 saturated carbocycles. The van der Waals surface area contributed by atoms with Crippen LogP contribution in [0.3, 0.4) is 0 Å². The number of hydrogen-bond donors (Lipinski definition) is 0. The third kappa shape index (κ3) is 2.79. The molecule has 2 heteroatoms. The van der Waals surface area contributed by atoms with E-state index in [2.05, 4.69) is 36.4 Å². The first kappa shape index (κ1) is 12.2. The summed E-state index contributed by atoms with van der Waals surface area (Å²) in [6, 6.07) is 12.2. The standard InChI is InChI=1S/C17H14OS/c18-12-13-6-7-14-8-9-17(11-15(14)10-13)19-16-4-2-1-3-5-16/h2,4-12H,1,3H2. The van der Waals surface area contributed by atoms with E-state index in [1.165, 1.54) is 15.2 Å². The number of hydrogen-bond acceptors (Lipinski definition) is 2. The third-order valence-electron chi connectivity index (χ3n) is 3.17. The van der Waals surface area contributed by atoms with E-state index in [0.717, 1.165) is 30.1 Å². The first-order valence-corrected chi connectivity index (χ1v) is 7.20. The molecule has 0 saturated heterocycles. The number of carbonyl (C=O) groups is 1. The molecule has 94 valence electrons. The molecule has 2 aromatic rings.